The number of ether oxygens (including phenoxy) is 2. The summed E-state index contributed by atoms with van der Waals surface area (Å²) in [6.07, 6.45) is 0. The first-order valence-electron chi connectivity index (χ1n) is 6.51. The molecule has 0 spiro atoms. The van der Waals surface area contributed by atoms with E-state index in [4.69, 9.17) is 14.6 Å². The van der Waals surface area contributed by atoms with Gasteiger partial charge in [-0.25, -0.2) is 4.79 Å². The van der Waals surface area contributed by atoms with E-state index in [-0.39, 0.29) is 19.1 Å². The summed E-state index contributed by atoms with van der Waals surface area (Å²) in [6.45, 7) is 0.808. The molecule has 1 aliphatic heterocycles. The van der Waals surface area contributed by atoms with Crippen molar-refractivity contribution in [3.8, 4) is 11.5 Å². The zero-order chi connectivity index (χ0) is 15.4. The summed E-state index contributed by atoms with van der Waals surface area (Å²) in [5.41, 5.74) is 0.821. The van der Waals surface area contributed by atoms with E-state index < -0.39 is 11.9 Å². The highest BCUT2D eigenvalue weighted by Crippen LogP contribution is 2.24. The Balaban J connectivity index is 1.88. The summed E-state index contributed by atoms with van der Waals surface area (Å²) in [7, 11) is 3.12. The van der Waals surface area contributed by atoms with Gasteiger partial charge >= 0.3 is 12.0 Å². The van der Waals surface area contributed by atoms with Crippen molar-refractivity contribution >= 4 is 12.0 Å². The number of hydrogen-bond acceptors (Lipinski definition) is 4. The van der Waals surface area contributed by atoms with E-state index >= 15 is 0 Å². The Kier molecular flexibility index (Phi) is 4.52. The van der Waals surface area contributed by atoms with Gasteiger partial charge in [0.15, 0.2) is 0 Å². The molecule has 2 amide bonds. The zero-order valence-electron chi connectivity index (χ0n) is 12.0. The molecule has 1 fully saturated rings. The smallest absolute Gasteiger partial charge is 0.317 e. The molecule has 1 saturated heterocycles. The molecule has 0 bridgehead atoms. The van der Waals surface area contributed by atoms with Crippen molar-refractivity contribution in [2.75, 3.05) is 27.3 Å². The van der Waals surface area contributed by atoms with Gasteiger partial charge in [-0.05, 0) is 12.1 Å². The Hall–Kier alpha value is -2.44. The van der Waals surface area contributed by atoms with Gasteiger partial charge in [0.2, 0.25) is 0 Å². The normalized spacial score (nSPS) is 14.3. The lowest BCUT2D eigenvalue weighted by Crippen LogP contribution is -2.56. The predicted octanol–water partition coefficient (Wildman–Crippen LogP) is 0.930. The Morgan fingerprint density at radius 2 is 2.05 bits per heavy atom. The number of nitrogens with zero attached hydrogens (tertiary/aromatic N) is 1. The highest BCUT2D eigenvalue weighted by atomic mass is 16.5. The van der Waals surface area contributed by atoms with Gasteiger partial charge in [-0.1, -0.05) is 0 Å². The van der Waals surface area contributed by atoms with Crippen LogP contribution >= 0.6 is 0 Å². The minimum absolute atomic E-state index is 0.251. The average molecular weight is 294 g/mol. The van der Waals surface area contributed by atoms with E-state index in [2.05, 4.69) is 5.32 Å². The fourth-order valence-electron chi connectivity index (χ4n) is 2.08. The van der Waals surface area contributed by atoms with Gasteiger partial charge in [-0.2, -0.15) is 0 Å². The third kappa shape index (κ3) is 3.36. The van der Waals surface area contributed by atoms with Crippen molar-refractivity contribution < 1.29 is 24.2 Å². The number of amides is 2. The fourth-order valence-corrected chi connectivity index (χ4v) is 2.08. The molecule has 1 aromatic carbocycles. The summed E-state index contributed by atoms with van der Waals surface area (Å²) < 4.78 is 10.4. The molecule has 0 saturated carbocycles. The molecule has 0 aliphatic carbocycles. The Morgan fingerprint density at radius 1 is 1.33 bits per heavy atom. The first kappa shape index (κ1) is 15.0. The number of hydrogen-bond donors (Lipinski definition) is 2. The number of benzene rings is 1. The molecule has 2 rings (SSSR count). The van der Waals surface area contributed by atoms with Crippen molar-refractivity contribution in [1.29, 1.82) is 0 Å². The zero-order valence-corrected chi connectivity index (χ0v) is 12.0. The molecular formula is C14H18N2O5. The topological polar surface area (TPSA) is 88.1 Å². The van der Waals surface area contributed by atoms with Crippen LogP contribution in [0.25, 0.3) is 0 Å². The molecule has 114 valence electrons. The molecule has 0 aromatic heterocycles. The van der Waals surface area contributed by atoms with Crippen molar-refractivity contribution in [3.63, 3.8) is 0 Å². The number of carbonyl (C=O) groups excluding carboxylic acids is 1. The summed E-state index contributed by atoms with van der Waals surface area (Å²) >= 11 is 0. The third-order valence-electron chi connectivity index (χ3n) is 3.44. The second-order valence-corrected chi connectivity index (χ2v) is 4.78. The molecular weight excluding hydrogens is 276 g/mol. The lowest BCUT2D eigenvalue weighted by Gasteiger charge is -2.36. The number of rotatable bonds is 5. The van der Waals surface area contributed by atoms with Crippen molar-refractivity contribution in [2.45, 2.75) is 6.54 Å². The first-order valence-corrected chi connectivity index (χ1v) is 6.51. The van der Waals surface area contributed by atoms with Crippen LogP contribution in [-0.2, 0) is 11.3 Å². The Bertz CT molecular complexity index is 540. The van der Waals surface area contributed by atoms with E-state index in [1.54, 1.807) is 26.4 Å². The summed E-state index contributed by atoms with van der Waals surface area (Å²) in [6, 6.07) is 5.07. The molecule has 1 heterocycles. The molecule has 0 unspecified atom stereocenters. The Morgan fingerprint density at radius 3 is 2.62 bits per heavy atom. The van der Waals surface area contributed by atoms with Gasteiger partial charge in [0.25, 0.3) is 0 Å². The van der Waals surface area contributed by atoms with Crippen LogP contribution in [0.2, 0.25) is 0 Å². The van der Waals surface area contributed by atoms with Crippen LogP contribution in [0.3, 0.4) is 0 Å². The van der Waals surface area contributed by atoms with Gasteiger partial charge in [0.05, 0.1) is 20.1 Å². The van der Waals surface area contributed by atoms with Gasteiger partial charge < -0.3 is 24.8 Å². The maximum absolute atomic E-state index is 11.8. The third-order valence-corrected chi connectivity index (χ3v) is 3.44. The number of likely N-dealkylation sites (tertiary alicyclic amines) is 1. The average Bonchev–Trinajstić information content (AvgIpc) is 2.42. The van der Waals surface area contributed by atoms with E-state index in [0.717, 1.165) is 5.56 Å². The van der Waals surface area contributed by atoms with Gasteiger partial charge in [-0.3, -0.25) is 4.79 Å². The van der Waals surface area contributed by atoms with Crippen molar-refractivity contribution in [2.24, 2.45) is 5.92 Å². The lowest BCUT2D eigenvalue weighted by atomic mass is 10.0. The maximum Gasteiger partial charge on any atom is 0.317 e. The maximum atomic E-state index is 11.8. The molecule has 0 radical (unpaired) electrons. The van der Waals surface area contributed by atoms with Crippen LogP contribution < -0.4 is 14.8 Å². The molecule has 1 aromatic rings. The molecule has 2 N–H and O–H groups in total. The number of urea groups is 1. The van der Waals surface area contributed by atoms with Crippen LogP contribution in [0.4, 0.5) is 4.79 Å². The van der Waals surface area contributed by atoms with Gasteiger partial charge in [-0.15, -0.1) is 0 Å². The standard InChI is InChI=1S/C14H18N2O5/c1-20-11-4-3-9(12(5-11)21-2)6-15-14(19)16-7-10(8-16)13(17)18/h3-5,10H,6-8H2,1-2H3,(H,15,19)(H,17,18). The van der Waals surface area contributed by atoms with E-state index in [1.165, 1.54) is 4.90 Å². The van der Waals surface area contributed by atoms with Crippen molar-refractivity contribution in [1.82, 2.24) is 10.2 Å². The second-order valence-electron chi connectivity index (χ2n) is 4.78. The molecule has 7 heteroatoms. The number of carboxylic acids is 1. The lowest BCUT2D eigenvalue weighted by molar-refractivity contribution is -0.146. The van der Waals surface area contributed by atoms with Crippen LogP contribution in [0.15, 0.2) is 18.2 Å². The quantitative estimate of drug-likeness (QED) is 0.843. The number of carbonyl (C=O) groups is 2. The molecule has 7 nitrogen and oxygen atoms in total. The summed E-state index contributed by atoms with van der Waals surface area (Å²) in [5.74, 6) is -0.0159. The molecule has 0 atom stereocenters. The Labute approximate surface area is 122 Å². The molecule has 21 heavy (non-hydrogen) atoms. The van der Waals surface area contributed by atoms with Crippen LogP contribution in [0.5, 0.6) is 11.5 Å². The van der Waals surface area contributed by atoms with E-state index in [9.17, 15) is 9.59 Å². The second kappa shape index (κ2) is 6.34. The number of carboxylic acid groups (broad SMARTS) is 1. The fraction of sp³-hybridized carbons (Fsp3) is 0.429. The number of aliphatic carboxylic acids is 1. The van der Waals surface area contributed by atoms with Crippen molar-refractivity contribution in [3.05, 3.63) is 23.8 Å². The van der Waals surface area contributed by atoms with Crippen LogP contribution in [0.1, 0.15) is 5.56 Å². The van der Waals surface area contributed by atoms with Crippen LogP contribution in [0, 0.1) is 5.92 Å². The van der Waals surface area contributed by atoms with E-state index in [0.29, 0.717) is 18.0 Å². The highest BCUT2D eigenvalue weighted by Gasteiger charge is 2.35. The predicted molar refractivity (Wildman–Crippen MR) is 74.5 cm³/mol. The molecule has 1 aliphatic rings. The first-order chi connectivity index (χ1) is 10.0. The largest absolute Gasteiger partial charge is 0.497 e. The number of nitrogens with one attached hydrogen (secondary N) is 1. The SMILES string of the molecule is COc1ccc(CNC(=O)N2CC(C(=O)O)C2)c(OC)c1. The summed E-state index contributed by atoms with van der Waals surface area (Å²) in [5, 5.41) is 11.5. The highest BCUT2D eigenvalue weighted by molar-refractivity contribution is 5.79. The summed E-state index contributed by atoms with van der Waals surface area (Å²) in [4.78, 5) is 24.0. The van der Waals surface area contributed by atoms with Gasteiger partial charge in [0, 0.05) is 31.3 Å². The van der Waals surface area contributed by atoms with Gasteiger partial charge in [0.1, 0.15) is 11.5 Å². The number of methoxy groups -OCH3 is 2. The minimum Gasteiger partial charge on any atom is -0.497 e. The minimum atomic E-state index is -0.865. The van der Waals surface area contributed by atoms with E-state index in [1.807, 2.05) is 6.07 Å². The van der Waals surface area contributed by atoms with Crippen LogP contribution in [-0.4, -0.2) is 49.3 Å². The monoisotopic (exact) mass is 294 g/mol.